The fraction of sp³-hybridized carbons (Fsp3) is 0.389. The third kappa shape index (κ3) is 2.34. The van der Waals surface area contributed by atoms with Crippen LogP contribution in [0.2, 0.25) is 0 Å². The number of imidazole rings is 1. The van der Waals surface area contributed by atoms with Crippen molar-refractivity contribution in [3.63, 3.8) is 0 Å². The molecule has 1 aliphatic carbocycles. The Morgan fingerprint density at radius 1 is 1.22 bits per heavy atom. The summed E-state index contributed by atoms with van der Waals surface area (Å²) in [6.45, 7) is 4.21. The van der Waals surface area contributed by atoms with E-state index >= 15 is 0 Å². The van der Waals surface area contributed by atoms with Crippen LogP contribution in [0.5, 0.6) is 0 Å². The zero-order valence-corrected chi connectivity index (χ0v) is 14.2. The van der Waals surface area contributed by atoms with E-state index in [-0.39, 0.29) is 0 Å². The summed E-state index contributed by atoms with van der Waals surface area (Å²) in [6, 6.07) is 8.81. The van der Waals surface area contributed by atoms with Gasteiger partial charge in [0, 0.05) is 11.5 Å². The van der Waals surface area contributed by atoms with Gasteiger partial charge in [0.15, 0.2) is 5.69 Å². The van der Waals surface area contributed by atoms with Crippen LogP contribution in [0, 0.1) is 11.3 Å². The van der Waals surface area contributed by atoms with Crippen LogP contribution in [-0.2, 0) is 12.8 Å². The van der Waals surface area contributed by atoms with Crippen LogP contribution in [0.3, 0.4) is 0 Å². The standard InChI is InChI=1S/C18H18N4S/c1-11(2)17-21-22-15(10-19)16(20-18(22)23-17)14-8-7-12-5-3-4-6-13(12)9-14/h7-9,11H,3-6H2,1-2H3. The van der Waals surface area contributed by atoms with Crippen molar-refractivity contribution in [1.29, 1.82) is 5.26 Å². The number of fused-ring (bicyclic) bond motifs is 2. The van der Waals surface area contributed by atoms with E-state index in [1.807, 2.05) is 0 Å². The molecule has 5 heteroatoms. The summed E-state index contributed by atoms with van der Waals surface area (Å²) in [6.07, 6.45) is 4.82. The summed E-state index contributed by atoms with van der Waals surface area (Å²) in [5, 5.41) is 15.2. The molecule has 2 aromatic heterocycles. The predicted molar refractivity (Wildman–Crippen MR) is 91.7 cm³/mol. The number of hydrogen-bond acceptors (Lipinski definition) is 4. The summed E-state index contributed by atoms with van der Waals surface area (Å²) in [7, 11) is 0. The Morgan fingerprint density at radius 3 is 2.74 bits per heavy atom. The normalized spacial score (nSPS) is 14.2. The summed E-state index contributed by atoms with van der Waals surface area (Å²) in [5.74, 6) is 0.348. The van der Waals surface area contributed by atoms with E-state index in [0.717, 1.165) is 34.1 Å². The fourth-order valence-corrected chi connectivity index (χ4v) is 4.08. The number of nitriles is 1. The van der Waals surface area contributed by atoms with Crippen molar-refractivity contribution >= 4 is 16.3 Å². The number of benzene rings is 1. The van der Waals surface area contributed by atoms with Crippen LogP contribution in [0.4, 0.5) is 0 Å². The first-order valence-corrected chi connectivity index (χ1v) is 8.90. The minimum absolute atomic E-state index is 0.348. The minimum Gasteiger partial charge on any atom is -0.216 e. The van der Waals surface area contributed by atoms with E-state index in [1.165, 1.54) is 24.0 Å². The molecule has 0 radical (unpaired) electrons. The van der Waals surface area contributed by atoms with Gasteiger partial charge in [-0.25, -0.2) is 4.98 Å². The minimum atomic E-state index is 0.348. The van der Waals surface area contributed by atoms with Gasteiger partial charge in [-0.3, -0.25) is 0 Å². The summed E-state index contributed by atoms with van der Waals surface area (Å²) in [5.41, 5.74) is 5.18. The van der Waals surface area contributed by atoms with Crippen LogP contribution >= 0.6 is 11.3 Å². The van der Waals surface area contributed by atoms with Crippen molar-refractivity contribution in [2.24, 2.45) is 0 Å². The smallest absolute Gasteiger partial charge is 0.214 e. The Morgan fingerprint density at radius 2 is 2.00 bits per heavy atom. The van der Waals surface area contributed by atoms with Gasteiger partial charge in [-0.15, -0.1) is 0 Å². The average Bonchev–Trinajstić information content (AvgIpc) is 3.11. The lowest BCUT2D eigenvalue weighted by atomic mass is 9.90. The summed E-state index contributed by atoms with van der Waals surface area (Å²) in [4.78, 5) is 5.51. The molecule has 0 aliphatic heterocycles. The van der Waals surface area contributed by atoms with Crippen LogP contribution in [0.1, 0.15) is 54.4 Å². The Balaban J connectivity index is 1.85. The molecule has 0 spiro atoms. The largest absolute Gasteiger partial charge is 0.216 e. The Kier molecular flexibility index (Phi) is 3.42. The first kappa shape index (κ1) is 14.4. The molecule has 0 saturated carbocycles. The zero-order valence-electron chi connectivity index (χ0n) is 13.3. The SMILES string of the molecule is CC(C)c1nn2c(C#N)c(-c3ccc4c(c3)CCCC4)nc2s1. The fourth-order valence-electron chi connectivity index (χ4n) is 3.18. The lowest BCUT2D eigenvalue weighted by molar-refractivity contribution is 0.686. The second-order valence-corrected chi connectivity index (χ2v) is 7.39. The van der Waals surface area contributed by atoms with Crippen LogP contribution < -0.4 is 0 Å². The second kappa shape index (κ2) is 5.47. The second-order valence-electron chi connectivity index (χ2n) is 6.40. The molecular weight excluding hydrogens is 304 g/mol. The van der Waals surface area contributed by atoms with Gasteiger partial charge in [0.05, 0.1) is 0 Å². The van der Waals surface area contributed by atoms with E-state index in [4.69, 9.17) is 4.98 Å². The van der Waals surface area contributed by atoms with Gasteiger partial charge in [0.1, 0.15) is 16.8 Å². The molecule has 1 aliphatic rings. The van der Waals surface area contributed by atoms with E-state index in [2.05, 4.69) is 43.2 Å². The molecule has 0 saturated heterocycles. The third-order valence-electron chi connectivity index (χ3n) is 4.44. The number of aryl methyl sites for hydroxylation is 2. The molecule has 0 amide bonds. The van der Waals surface area contributed by atoms with Gasteiger partial charge in [-0.05, 0) is 42.9 Å². The van der Waals surface area contributed by atoms with Crippen molar-refractivity contribution in [3.8, 4) is 17.3 Å². The highest BCUT2D eigenvalue weighted by Gasteiger charge is 2.20. The van der Waals surface area contributed by atoms with Crippen molar-refractivity contribution < 1.29 is 0 Å². The topological polar surface area (TPSA) is 54.0 Å². The number of rotatable bonds is 2. The average molecular weight is 322 g/mol. The summed E-state index contributed by atoms with van der Waals surface area (Å²) < 4.78 is 1.70. The lowest BCUT2D eigenvalue weighted by Crippen LogP contribution is -2.02. The molecule has 0 fully saturated rings. The van der Waals surface area contributed by atoms with E-state index in [0.29, 0.717) is 11.6 Å². The van der Waals surface area contributed by atoms with Gasteiger partial charge in [-0.1, -0.05) is 37.3 Å². The molecule has 23 heavy (non-hydrogen) atoms. The maximum absolute atomic E-state index is 9.61. The van der Waals surface area contributed by atoms with Gasteiger partial charge in [0.25, 0.3) is 0 Å². The molecule has 0 bridgehead atoms. The Hall–Kier alpha value is -2.19. The molecular formula is C18H18N4S. The molecule has 0 unspecified atom stereocenters. The van der Waals surface area contributed by atoms with Crippen molar-refractivity contribution in [2.45, 2.75) is 45.4 Å². The number of hydrogen-bond donors (Lipinski definition) is 0. The monoisotopic (exact) mass is 322 g/mol. The highest BCUT2D eigenvalue weighted by Crippen LogP contribution is 2.31. The van der Waals surface area contributed by atoms with Gasteiger partial charge in [0.2, 0.25) is 4.96 Å². The molecule has 3 aromatic rings. The van der Waals surface area contributed by atoms with Crippen molar-refractivity contribution in [3.05, 3.63) is 40.0 Å². The van der Waals surface area contributed by atoms with Gasteiger partial charge in [-0.2, -0.15) is 14.9 Å². The number of nitrogens with zero attached hydrogens (tertiary/aromatic N) is 4. The quantitative estimate of drug-likeness (QED) is 0.705. The number of aromatic nitrogens is 3. The van der Waals surface area contributed by atoms with Crippen molar-refractivity contribution in [2.75, 3.05) is 0 Å². The van der Waals surface area contributed by atoms with Crippen molar-refractivity contribution in [1.82, 2.24) is 14.6 Å². The van der Waals surface area contributed by atoms with E-state index in [9.17, 15) is 5.26 Å². The molecule has 4 nitrogen and oxygen atoms in total. The van der Waals surface area contributed by atoms with E-state index < -0.39 is 0 Å². The lowest BCUT2D eigenvalue weighted by Gasteiger charge is -2.16. The maximum Gasteiger partial charge on any atom is 0.214 e. The Bertz CT molecular complexity index is 927. The molecule has 116 valence electrons. The highest BCUT2D eigenvalue weighted by molar-refractivity contribution is 7.16. The van der Waals surface area contributed by atoms with Gasteiger partial charge < -0.3 is 0 Å². The molecule has 2 heterocycles. The third-order valence-corrected chi connectivity index (χ3v) is 5.65. The molecule has 0 N–H and O–H groups in total. The van der Waals surface area contributed by atoms with E-state index in [1.54, 1.807) is 15.9 Å². The van der Waals surface area contributed by atoms with Crippen LogP contribution in [-0.4, -0.2) is 14.6 Å². The molecule has 0 atom stereocenters. The first-order valence-electron chi connectivity index (χ1n) is 8.09. The highest BCUT2D eigenvalue weighted by atomic mass is 32.1. The molecule has 4 rings (SSSR count). The first-order chi connectivity index (χ1) is 11.2. The van der Waals surface area contributed by atoms with Crippen LogP contribution in [0.25, 0.3) is 16.2 Å². The molecule has 1 aromatic carbocycles. The summed E-state index contributed by atoms with van der Waals surface area (Å²) >= 11 is 1.57. The predicted octanol–water partition coefficient (Wildman–Crippen LogP) is 4.33. The Labute approximate surface area is 139 Å². The maximum atomic E-state index is 9.61. The van der Waals surface area contributed by atoms with Gasteiger partial charge >= 0.3 is 0 Å². The zero-order chi connectivity index (χ0) is 16.0. The van der Waals surface area contributed by atoms with Crippen LogP contribution in [0.15, 0.2) is 18.2 Å².